The highest BCUT2D eigenvalue weighted by molar-refractivity contribution is 5.69. The first kappa shape index (κ1) is 9.38. The molecule has 0 atom stereocenters. The van der Waals surface area contributed by atoms with Crippen LogP contribution in [0.3, 0.4) is 0 Å². The molecule has 0 radical (unpaired) electrons. The van der Waals surface area contributed by atoms with E-state index in [2.05, 4.69) is 25.3 Å². The van der Waals surface area contributed by atoms with Gasteiger partial charge in [-0.25, -0.2) is 4.98 Å². The van der Waals surface area contributed by atoms with Crippen molar-refractivity contribution in [3.63, 3.8) is 0 Å². The summed E-state index contributed by atoms with van der Waals surface area (Å²) in [4.78, 5) is 35.5. The van der Waals surface area contributed by atoms with Gasteiger partial charge in [-0.1, -0.05) is 0 Å². The Balaban J connectivity index is 2.92. The standard InChI is InChI=1S/C8H9N5O2/c1-3-6(14)11-4-5(10-3)12-8(9-2)13-7(4)15/h1-2H3,(H,11,14)(H2,9,10,12,13,15). The van der Waals surface area contributed by atoms with Crippen LogP contribution in [-0.4, -0.2) is 27.0 Å². The second kappa shape index (κ2) is 3.19. The summed E-state index contributed by atoms with van der Waals surface area (Å²) in [5.74, 6) is 0.312. The SMILES string of the molecule is CNc1nc2nc(C)c(=O)[nH]c2c(=O)[nH]1. The zero-order chi connectivity index (χ0) is 11.0. The van der Waals surface area contributed by atoms with E-state index in [1.807, 2.05) is 0 Å². The van der Waals surface area contributed by atoms with Crippen LogP contribution in [0, 0.1) is 6.92 Å². The van der Waals surface area contributed by atoms with Crippen molar-refractivity contribution in [1.29, 1.82) is 0 Å². The first-order valence-corrected chi connectivity index (χ1v) is 4.30. The molecule has 2 rings (SSSR count). The average Bonchev–Trinajstić information content (AvgIpc) is 2.21. The first-order valence-electron chi connectivity index (χ1n) is 4.30. The van der Waals surface area contributed by atoms with Gasteiger partial charge in [0.05, 0.1) is 0 Å². The zero-order valence-corrected chi connectivity index (χ0v) is 8.21. The highest BCUT2D eigenvalue weighted by Crippen LogP contribution is 2.00. The van der Waals surface area contributed by atoms with Crippen molar-refractivity contribution in [3.05, 3.63) is 26.4 Å². The molecule has 2 aromatic heterocycles. The van der Waals surface area contributed by atoms with Gasteiger partial charge in [0, 0.05) is 7.05 Å². The van der Waals surface area contributed by atoms with Crippen molar-refractivity contribution in [2.45, 2.75) is 6.92 Å². The maximum atomic E-state index is 11.5. The van der Waals surface area contributed by atoms with E-state index in [4.69, 9.17) is 0 Å². The third-order valence-electron chi connectivity index (χ3n) is 1.98. The van der Waals surface area contributed by atoms with Gasteiger partial charge in [0.1, 0.15) is 5.69 Å². The van der Waals surface area contributed by atoms with Crippen LogP contribution in [0.1, 0.15) is 5.69 Å². The van der Waals surface area contributed by atoms with E-state index in [1.54, 1.807) is 14.0 Å². The van der Waals surface area contributed by atoms with E-state index in [1.165, 1.54) is 0 Å². The number of aromatic amines is 2. The summed E-state index contributed by atoms with van der Waals surface area (Å²) in [7, 11) is 1.63. The second-order valence-corrected chi connectivity index (χ2v) is 3.01. The molecule has 0 amide bonds. The van der Waals surface area contributed by atoms with E-state index < -0.39 is 5.56 Å². The first-order chi connectivity index (χ1) is 7.11. The quantitative estimate of drug-likeness (QED) is 0.576. The van der Waals surface area contributed by atoms with Crippen LogP contribution in [0.15, 0.2) is 9.59 Å². The van der Waals surface area contributed by atoms with Crippen LogP contribution < -0.4 is 16.4 Å². The van der Waals surface area contributed by atoms with Gasteiger partial charge in [0.2, 0.25) is 5.95 Å². The van der Waals surface area contributed by atoms with Crippen LogP contribution in [0.4, 0.5) is 5.95 Å². The molecular weight excluding hydrogens is 198 g/mol. The van der Waals surface area contributed by atoms with Crippen LogP contribution in [0.5, 0.6) is 0 Å². The van der Waals surface area contributed by atoms with Crippen molar-refractivity contribution in [2.24, 2.45) is 0 Å². The average molecular weight is 207 g/mol. The van der Waals surface area contributed by atoms with Gasteiger partial charge in [-0.05, 0) is 6.92 Å². The van der Waals surface area contributed by atoms with Gasteiger partial charge in [-0.15, -0.1) is 0 Å². The lowest BCUT2D eigenvalue weighted by atomic mass is 10.4. The van der Waals surface area contributed by atoms with Gasteiger partial charge < -0.3 is 10.3 Å². The number of nitrogens with zero attached hydrogens (tertiary/aromatic N) is 2. The van der Waals surface area contributed by atoms with Gasteiger partial charge in [0.15, 0.2) is 11.2 Å². The number of anilines is 1. The van der Waals surface area contributed by atoms with Gasteiger partial charge >= 0.3 is 0 Å². The Labute approximate surface area is 83.6 Å². The number of aryl methyl sites for hydroxylation is 1. The molecule has 0 aliphatic rings. The molecule has 0 saturated heterocycles. The maximum absolute atomic E-state index is 11.5. The molecule has 0 aliphatic heterocycles. The highest BCUT2D eigenvalue weighted by atomic mass is 16.1. The predicted octanol–water partition coefficient (Wildman–Crippen LogP) is -0.643. The summed E-state index contributed by atoms with van der Waals surface area (Å²) in [6.07, 6.45) is 0. The molecule has 78 valence electrons. The molecule has 3 N–H and O–H groups in total. The van der Waals surface area contributed by atoms with Gasteiger partial charge in [-0.3, -0.25) is 14.6 Å². The number of hydrogen-bond acceptors (Lipinski definition) is 5. The van der Waals surface area contributed by atoms with Crippen LogP contribution in [0.2, 0.25) is 0 Å². The fraction of sp³-hybridized carbons (Fsp3) is 0.250. The number of aromatic nitrogens is 4. The van der Waals surface area contributed by atoms with Gasteiger partial charge in [0.25, 0.3) is 11.1 Å². The largest absolute Gasteiger partial charge is 0.359 e. The third kappa shape index (κ3) is 1.47. The highest BCUT2D eigenvalue weighted by Gasteiger charge is 2.06. The Kier molecular flexibility index (Phi) is 2.00. The van der Waals surface area contributed by atoms with E-state index in [9.17, 15) is 9.59 Å². The summed E-state index contributed by atoms with van der Waals surface area (Å²) in [6, 6.07) is 0. The Morgan fingerprint density at radius 1 is 1.13 bits per heavy atom. The molecule has 0 fully saturated rings. The minimum absolute atomic E-state index is 0.0876. The van der Waals surface area contributed by atoms with Crippen LogP contribution in [-0.2, 0) is 0 Å². The van der Waals surface area contributed by atoms with Crippen molar-refractivity contribution in [2.75, 3.05) is 12.4 Å². The molecule has 0 saturated carbocycles. The number of H-pyrrole nitrogens is 2. The lowest BCUT2D eigenvalue weighted by Crippen LogP contribution is -2.20. The van der Waals surface area contributed by atoms with Crippen molar-refractivity contribution < 1.29 is 0 Å². The summed E-state index contributed by atoms with van der Waals surface area (Å²) in [5.41, 5.74) is -0.214. The summed E-state index contributed by atoms with van der Waals surface area (Å²) >= 11 is 0. The zero-order valence-electron chi connectivity index (χ0n) is 8.21. The Morgan fingerprint density at radius 3 is 2.53 bits per heavy atom. The fourth-order valence-electron chi connectivity index (χ4n) is 1.19. The molecule has 0 aliphatic carbocycles. The molecule has 0 aromatic carbocycles. The van der Waals surface area contributed by atoms with Crippen molar-refractivity contribution in [3.8, 4) is 0 Å². The summed E-state index contributed by atoms with van der Waals surface area (Å²) in [6.45, 7) is 1.56. The van der Waals surface area contributed by atoms with Crippen LogP contribution >= 0.6 is 0 Å². The monoisotopic (exact) mass is 207 g/mol. The van der Waals surface area contributed by atoms with E-state index in [-0.39, 0.29) is 22.4 Å². The normalized spacial score (nSPS) is 10.5. The van der Waals surface area contributed by atoms with E-state index in [0.717, 1.165) is 0 Å². The van der Waals surface area contributed by atoms with Crippen molar-refractivity contribution >= 4 is 17.1 Å². The molecule has 0 bridgehead atoms. The summed E-state index contributed by atoms with van der Waals surface area (Å²) in [5, 5.41) is 2.70. The van der Waals surface area contributed by atoms with Crippen molar-refractivity contribution in [1.82, 2.24) is 19.9 Å². The molecule has 2 aromatic rings. The Bertz CT molecular complexity index is 627. The molecular formula is C8H9N5O2. The smallest absolute Gasteiger partial charge is 0.278 e. The number of rotatable bonds is 1. The lowest BCUT2D eigenvalue weighted by molar-refractivity contribution is 1.05. The minimum Gasteiger partial charge on any atom is -0.359 e. The fourth-order valence-corrected chi connectivity index (χ4v) is 1.19. The molecule has 7 heteroatoms. The third-order valence-corrected chi connectivity index (χ3v) is 1.98. The van der Waals surface area contributed by atoms with Crippen LogP contribution in [0.25, 0.3) is 11.2 Å². The number of fused-ring (bicyclic) bond motifs is 1. The Morgan fingerprint density at radius 2 is 1.87 bits per heavy atom. The molecule has 2 heterocycles. The topological polar surface area (TPSA) is 104 Å². The molecule has 0 spiro atoms. The lowest BCUT2D eigenvalue weighted by Gasteiger charge is -2.00. The van der Waals surface area contributed by atoms with Gasteiger partial charge in [-0.2, -0.15) is 4.98 Å². The summed E-state index contributed by atoms with van der Waals surface area (Å²) < 4.78 is 0. The number of nitrogens with one attached hydrogen (secondary N) is 3. The van der Waals surface area contributed by atoms with E-state index in [0.29, 0.717) is 5.95 Å². The number of hydrogen-bond donors (Lipinski definition) is 3. The molecule has 7 nitrogen and oxygen atoms in total. The Hall–Kier alpha value is -2.18. The maximum Gasteiger partial charge on any atom is 0.278 e. The predicted molar refractivity (Wildman–Crippen MR) is 55.1 cm³/mol. The molecule has 15 heavy (non-hydrogen) atoms. The second-order valence-electron chi connectivity index (χ2n) is 3.01. The molecule has 0 unspecified atom stereocenters. The van der Waals surface area contributed by atoms with E-state index >= 15 is 0 Å². The minimum atomic E-state index is -0.422.